The molecule has 0 saturated heterocycles. The van der Waals surface area contributed by atoms with Gasteiger partial charge >= 0.3 is 6.36 Å². The van der Waals surface area contributed by atoms with Crippen molar-refractivity contribution in [3.05, 3.63) is 70.3 Å². The number of nitriles is 1. The van der Waals surface area contributed by atoms with Crippen LogP contribution < -0.4 is 10.9 Å². The number of hydrogen-bond donors (Lipinski definition) is 2. The van der Waals surface area contributed by atoms with E-state index >= 15 is 0 Å². The summed E-state index contributed by atoms with van der Waals surface area (Å²) in [6, 6.07) is 11.4. The number of nitrogens with one attached hydrogen (secondary N) is 2. The molecule has 2 heterocycles. The van der Waals surface area contributed by atoms with Crippen LogP contribution in [0.25, 0.3) is 16.9 Å². The van der Waals surface area contributed by atoms with Gasteiger partial charge in [0, 0.05) is 18.9 Å². The van der Waals surface area contributed by atoms with E-state index in [2.05, 4.69) is 20.1 Å². The van der Waals surface area contributed by atoms with Crippen molar-refractivity contribution in [1.29, 1.82) is 5.26 Å². The molecule has 0 aliphatic heterocycles. The van der Waals surface area contributed by atoms with Crippen molar-refractivity contribution in [2.24, 2.45) is 0 Å². The molecule has 0 bridgehead atoms. The molecule has 1 amide bonds. The first-order chi connectivity index (χ1) is 14.3. The topological polar surface area (TPSA) is 113 Å². The van der Waals surface area contributed by atoms with Crippen molar-refractivity contribution in [2.75, 3.05) is 13.2 Å². The van der Waals surface area contributed by atoms with Crippen molar-refractivity contribution >= 4 is 5.91 Å². The van der Waals surface area contributed by atoms with E-state index in [0.29, 0.717) is 22.5 Å². The Labute approximate surface area is 167 Å². The molecule has 0 aliphatic rings. The van der Waals surface area contributed by atoms with Crippen molar-refractivity contribution in [1.82, 2.24) is 20.1 Å². The van der Waals surface area contributed by atoms with Gasteiger partial charge in [-0.3, -0.25) is 19.4 Å². The summed E-state index contributed by atoms with van der Waals surface area (Å²) < 4.78 is 40.6. The number of nitrogens with zero attached hydrogens (tertiary/aromatic N) is 3. The van der Waals surface area contributed by atoms with Gasteiger partial charge in [0.15, 0.2) is 5.82 Å². The normalized spacial score (nSPS) is 11.1. The molecule has 0 spiro atoms. The number of aromatic nitrogens is 3. The summed E-state index contributed by atoms with van der Waals surface area (Å²) in [7, 11) is 0. The quantitative estimate of drug-likeness (QED) is 0.598. The average molecular weight is 417 g/mol. The van der Waals surface area contributed by atoms with Gasteiger partial charge in [-0.05, 0) is 29.8 Å². The lowest BCUT2D eigenvalue weighted by atomic mass is 10.1. The van der Waals surface area contributed by atoms with Gasteiger partial charge in [0.1, 0.15) is 0 Å². The van der Waals surface area contributed by atoms with Crippen molar-refractivity contribution in [2.45, 2.75) is 6.36 Å². The van der Waals surface area contributed by atoms with Crippen LogP contribution in [0.1, 0.15) is 15.9 Å². The lowest BCUT2D eigenvalue weighted by molar-refractivity contribution is -0.323. The third-order valence-corrected chi connectivity index (χ3v) is 3.96. The Morgan fingerprint density at radius 3 is 2.57 bits per heavy atom. The molecule has 11 heteroatoms. The fourth-order valence-corrected chi connectivity index (χ4v) is 2.54. The predicted octanol–water partition coefficient (Wildman–Crippen LogP) is 2.37. The van der Waals surface area contributed by atoms with E-state index in [1.165, 1.54) is 29.2 Å². The van der Waals surface area contributed by atoms with Crippen LogP contribution in [0, 0.1) is 11.3 Å². The molecule has 2 N–H and O–H groups in total. The van der Waals surface area contributed by atoms with Gasteiger partial charge in [-0.2, -0.15) is 5.26 Å². The molecule has 1 aromatic carbocycles. The number of ether oxygens (including phenoxy) is 1. The average Bonchev–Trinajstić information content (AvgIpc) is 3.12. The number of carbonyl (C=O) groups is 1. The van der Waals surface area contributed by atoms with Gasteiger partial charge < -0.3 is 5.32 Å². The zero-order chi connectivity index (χ0) is 21.7. The van der Waals surface area contributed by atoms with Gasteiger partial charge in [0.05, 0.1) is 29.4 Å². The molecule has 0 radical (unpaired) electrons. The molecule has 0 fully saturated rings. The van der Waals surface area contributed by atoms with Crippen LogP contribution in [0.3, 0.4) is 0 Å². The highest BCUT2D eigenvalue weighted by molar-refractivity contribution is 5.93. The molecule has 0 saturated carbocycles. The summed E-state index contributed by atoms with van der Waals surface area (Å²) in [5.41, 5.74) is 1.22. The lowest BCUT2D eigenvalue weighted by Gasteiger charge is -2.08. The number of pyridine rings is 1. The Bertz CT molecular complexity index is 1130. The summed E-state index contributed by atoms with van der Waals surface area (Å²) in [6.07, 6.45) is -1.99. The Morgan fingerprint density at radius 2 is 1.97 bits per heavy atom. The monoisotopic (exact) mass is 417 g/mol. The van der Waals surface area contributed by atoms with Crippen molar-refractivity contribution in [3.8, 4) is 23.0 Å². The number of amides is 1. The Kier molecular flexibility index (Phi) is 5.98. The highest BCUT2D eigenvalue weighted by Crippen LogP contribution is 2.17. The standard InChI is InChI=1S/C19H14F3N5O3/c20-19(21,22)30-8-7-24-17(28)14-5-6-16(25-10-14)27-11-15(18(29)26-27)13-3-1-12(9-23)2-4-13/h1-6,10-11H,7-8H2,(H,24,28)(H,26,29). The second-order valence-corrected chi connectivity index (χ2v) is 6.00. The zero-order valence-electron chi connectivity index (χ0n) is 15.2. The zero-order valence-corrected chi connectivity index (χ0v) is 15.2. The Morgan fingerprint density at radius 1 is 1.23 bits per heavy atom. The van der Waals surface area contributed by atoms with E-state index in [1.807, 2.05) is 6.07 Å². The summed E-state index contributed by atoms with van der Waals surface area (Å²) in [5.74, 6) is -0.289. The van der Waals surface area contributed by atoms with Crippen LogP contribution in [0.5, 0.6) is 0 Å². The number of halogens is 3. The molecule has 8 nitrogen and oxygen atoms in total. The predicted molar refractivity (Wildman–Crippen MR) is 98.7 cm³/mol. The smallest absolute Gasteiger partial charge is 0.350 e. The maximum absolute atomic E-state index is 12.2. The minimum atomic E-state index is -4.75. The molecule has 0 aliphatic carbocycles. The Hall–Kier alpha value is -3.91. The highest BCUT2D eigenvalue weighted by atomic mass is 19.4. The maximum Gasteiger partial charge on any atom is 0.522 e. The van der Waals surface area contributed by atoms with E-state index in [1.54, 1.807) is 24.3 Å². The minimum Gasteiger partial charge on any atom is -0.350 e. The van der Waals surface area contributed by atoms with E-state index in [-0.39, 0.29) is 17.7 Å². The molecule has 3 rings (SSSR count). The van der Waals surface area contributed by atoms with Crippen molar-refractivity contribution < 1.29 is 22.7 Å². The highest BCUT2D eigenvalue weighted by Gasteiger charge is 2.28. The second kappa shape index (κ2) is 8.62. The van der Waals surface area contributed by atoms with Gasteiger partial charge in [-0.1, -0.05) is 12.1 Å². The lowest BCUT2D eigenvalue weighted by Crippen LogP contribution is -2.29. The van der Waals surface area contributed by atoms with Crippen LogP contribution in [-0.2, 0) is 4.74 Å². The van der Waals surface area contributed by atoms with Gasteiger partial charge in [-0.25, -0.2) is 9.67 Å². The van der Waals surface area contributed by atoms with E-state index in [4.69, 9.17) is 5.26 Å². The third-order valence-electron chi connectivity index (χ3n) is 3.96. The van der Waals surface area contributed by atoms with Crippen LogP contribution in [0.4, 0.5) is 13.2 Å². The van der Waals surface area contributed by atoms with Gasteiger partial charge in [0.2, 0.25) is 0 Å². The largest absolute Gasteiger partial charge is 0.522 e. The second-order valence-electron chi connectivity index (χ2n) is 6.00. The van der Waals surface area contributed by atoms with Gasteiger partial charge in [0.25, 0.3) is 11.5 Å². The van der Waals surface area contributed by atoms with Crippen molar-refractivity contribution in [3.63, 3.8) is 0 Å². The van der Waals surface area contributed by atoms with E-state index in [9.17, 15) is 22.8 Å². The van der Waals surface area contributed by atoms with Crippen LogP contribution >= 0.6 is 0 Å². The first kappa shape index (κ1) is 20.8. The number of benzene rings is 1. The molecular weight excluding hydrogens is 403 g/mol. The first-order valence-electron chi connectivity index (χ1n) is 8.54. The molecule has 154 valence electrons. The maximum atomic E-state index is 12.2. The molecule has 0 unspecified atom stereocenters. The number of alkyl halides is 3. The number of rotatable bonds is 6. The minimum absolute atomic E-state index is 0.132. The van der Waals surface area contributed by atoms with E-state index < -0.39 is 18.9 Å². The van der Waals surface area contributed by atoms with E-state index in [0.717, 1.165) is 0 Å². The number of hydrogen-bond acceptors (Lipinski definition) is 5. The Balaban J connectivity index is 1.68. The number of carbonyl (C=O) groups excluding carboxylic acids is 1. The SMILES string of the molecule is N#Cc1ccc(-c2cn(-c3ccc(C(=O)NCCOC(F)(F)F)cn3)[nH]c2=O)cc1. The van der Waals surface area contributed by atoms with Crippen LogP contribution in [0.15, 0.2) is 53.6 Å². The summed E-state index contributed by atoms with van der Waals surface area (Å²) >= 11 is 0. The molecule has 30 heavy (non-hydrogen) atoms. The summed E-state index contributed by atoms with van der Waals surface area (Å²) in [4.78, 5) is 28.3. The first-order valence-corrected chi connectivity index (χ1v) is 8.54. The molecule has 0 atom stereocenters. The molecule has 3 aromatic rings. The summed E-state index contributed by atoms with van der Waals surface area (Å²) in [5, 5.41) is 13.7. The number of H-pyrrole nitrogens is 1. The van der Waals surface area contributed by atoms with Crippen LogP contribution in [0.2, 0.25) is 0 Å². The number of aromatic amines is 1. The fourth-order valence-electron chi connectivity index (χ4n) is 2.54. The van der Waals surface area contributed by atoms with Crippen LogP contribution in [-0.4, -0.2) is 40.2 Å². The molecule has 2 aromatic heterocycles. The third kappa shape index (κ3) is 5.12. The van der Waals surface area contributed by atoms with Gasteiger partial charge in [-0.15, -0.1) is 13.2 Å². The fraction of sp³-hybridized carbons (Fsp3) is 0.158. The molecular formula is C19H14F3N5O3. The summed E-state index contributed by atoms with van der Waals surface area (Å²) in [6.45, 7) is -1.03.